The van der Waals surface area contributed by atoms with Gasteiger partial charge in [-0.1, -0.05) is 267 Å². The van der Waals surface area contributed by atoms with E-state index in [1.54, 1.807) is 0 Å². The molecule has 0 fully saturated rings. The van der Waals surface area contributed by atoms with Gasteiger partial charge in [0.25, 0.3) is 6.71 Å². The van der Waals surface area contributed by atoms with Crippen molar-refractivity contribution in [2.45, 2.75) is 0 Å². The van der Waals surface area contributed by atoms with E-state index in [-0.39, 0.29) is 6.71 Å². The van der Waals surface area contributed by atoms with Crippen LogP contribution in [0, 0.1) is 0 Å². The molecule has 0 atom stereocenters. The molecule has 18 aromatic rings. The van der Waals surface area contributed by atoms with Crippen molar-refractivity contribution in [3.63, 3.8) is 0 Å². The third-order valence-corrected chi connectivity index (χ3v) is 20.6. The third-order valence-electron chi connectivity index (χ3n) is 20.6. The van der Waals surface area contributed by atoms with Crippen LogP contribution in [0.3, 0.4) is 0 Å². The molecule has 458 valence electrons. The highest BCUT2D eigenvalue weighted by Crippen LogP contribution is 2.46. The minimum atomic E-state index is -0.186. The van der Waals surface area contributed by atoms with Crippen molar-refractivity contribution >= 4 is 66.7 Å². The first-order valence-electron chi connectivity index (χ1n) is 34.1. The molecule has 0 unspecified atom stereocenters. The van der Waals surface area contributed by atoms with E-state index in [0.29, 0.717) is 5.82 Å². The number of benzene rings is 15. The molecule has 2 aliphatic rings. The lowest BCUT2D eigenvalue weighted by Crippen LogP contribution is -2.59. The summed E-state index contributed by atoms with van der Waals surface area (Å²) in [6.07, 6.45) is 0. The van der Waals surface area contributed by atoms with Gasteiger partial charge in [-0.05, 0) is 196 Å². The molecule has 4 nitrogen and oxygen atoms in total. The zero-order chi connectivity index (χ0) is 65.1. The highest BCUT2D eigenvalue weighted by Gasteiger charge is 2.42. The van der Waals surface area contributed by atoms with Gasteiger partial charge in [0.1, 0.15) is 0 Å². The molecule has 0 saturated heterocycles. The lowest BCUT2D eigenvalue weighted by Gasteiger charge is -2.34. The number of rotatable bonds is 11. The van der Waals surface area contributed by atoms with Crippen LogP contribution < -0.4 is 16.4 Å². The Morgan fingerprint density at radius 3 is 0.788 bits per heavy atom. The average Bonchev–Trinajstić information content (AvgIpc) is 1.55. The summed E-state index contributed by atoms with van der Waals surface area (Å²) < 4.78 is 5.20. The van der Waals surface area contributed by atoms with Gasteiger partial charge >= 0.3 is 0 Å². The van der Waals surface area contributed by atoms with Crippen molar-refractivity contribution in [3.05, 3.63) is 358 Å². The van der Waals surface area contributed by atoms with Crippen molar-refractivity contribution in [1.82, 2.24) is 19.1 Å². The van der Waals surface area contributed by atoms with Crippen LogP contribution in [0.25, 0.3) is 178 Å². The summed E-state index contributed by atoms with van der Waals surface area (Å²) in [5.41, 5.74) is 33.7. The van der Waals surface area contributed by atoms with Crippen molar-refractivity contribution < 1.29 is 0 Å². The summed E-state index contributed by atoms with van der Waals surface area (Å²) in [7, 11) is 0. The molecule has 20 rings (SSSR count). The van der Waals surface area contributed by atoms with Crippen LogP contribution in [0.1, 0.15) is 0 Å². The zero-order valence-corrected chi connectivity index (χ0v) is 53.9. The number of aromatic nitrogens is 4. The second-order valence-electron chi connectivity index (χ2n) is 26.4. The van der Waals surface area contributed by atoms with Gasteiger partial charge in [0, 0.05) is 60.6 Å². The second kappa shape index (κ2) is 22.9. The molecule has 5 heteroatoms. The van der Waals surface area contributed by atoms with E-state index in [2.05, 4.69) is 367 Å². The fourth-order valence-electron chi connectivity index (χ4n) is 16.0. The van der Waals surface area contributed by atoms with Gasteiger partial charge in [-0.25, -0.2) is 9.97 Å². The lowest BCUT2D eigenvalue weighted by atomic mass is 9.34. The second-order valence-corrected chi connectivity index (χ2v) is 26.4. The van der Waals surface area contributed by atoms with Crippen LogP contribution in [-0.2, 0) is 0 Å². The Labute approximate surface area is 574 Å². The molecular formula is C94H59BN4. The quantitative estimate of drug-likeness (QED) is 0.121. The van der Waals surface area contributed by atoms with Crippen LogP contribution in [-0.4, -0.2) is 25.8 Å². The summed E-state index contributed by atoms with van der Waals surface area (Å²) in [6.45, 7) is -0.186. The van der Waals surface area contributed by atoms with E-state index in [1.165, 1.54) is 93.5 Å². The normalized spacial score (nSPS) is 12.0. The van der Waals surface area contributed by atoms with Crippen molar-refractivity contribution in [3.8, 4) is 134 Å². The van der Waals surface area contributed by atoms with Crippen LogP contribution in [0.5, 0.6) is 0 Å². The summed E-state index contributed by atoms with van der Waals surface area (Å²) in [4.78, 5) is 11.9. The Kier molecular flexibility index (Phi) is 13.0. The minimum absolute atomic E-state index is 0.186. The first-order chi connectivity index (χ1) is 49.0. The van der Waals surface area contributed by atoms with Gasteiger partial charge in [-0.15, -0.1) is 0 Å². The standard InChI is InChI=1S/C94H59BN4/c1-9-25-60(26-10-1)68-41-43-87-79(51-68)81-53-74(66-37-21-7-22-38-66)55-83-92(81)98(87)89-57-78(58-90-91(89)95(83)84-56-75(67-39-23-8-24-40-67)54-82-80-52-69(61-27-11-2-12-28-61)42-44-88(80)99(90)93(82)84)94-96-85(76-47-70(62-29-13-3-14-30-62)45-71(48-76)63-31-15-4-16-32-63)59-86(97-94)77-49-72(64-33-17-5-18-34-64)46-73(50-77)65-35-19-6-20-36-65/h1-59H. The maximum Gasteiger partial charge on any atom is 0.252 e. The fraction of sp³-hybridized carbons (Fsp3) is 0. The Morgan fingerprint density at radius 1 is 0.202 bits per heavy atom. The highest BCUT2D eigenvalue weighted by atomic mass is 15.0. The Morgan fingerprint density at radius 2 is 0.475 bits per heavy atom. The summed E-state index contributed by atoms with van der Waals surface area (Å²) >= 11 is 0. The minimum Gasteiger partial charge on any atom is -0.310 e. The Balaban J connectivity index is 0.924. The smallest absolute Gasteiger partial charge is 0.252 e. The fourth-order valence-corrected chi connectivity index (χ4v) is 16.0. The van der Waals surface area contributed by atoms with Crippen LogP contribution in [0.4, 0.5) is 0 Å². The molecule has 15 aromatic carbocycles. The van der Waals surface area contributed by atoms with Crippen molar-refractivity contribution in [2.75, 3.05) is 0 Å². The Hall–Kier alpha value is -13.0. The molecule has 2 aliphatic heterocycles. The molecule has 0 amide bonds. The maximum absolute atomic E-state index is 5.93. The molecule has 0 aliphatic carbocycles. The highest BCUT2D eigenvalue weighted by molar-refractivity contribution is 7.00. The lowest BCUT2D eigenvalue weighted by molar-refractivity contribution is 1.13. The number of hydrogen-bond donors (Lipinski definition) is 0. The van der Waals surface area contributed by atoms with E-state index in [1.807, 2.05) is 0 Å². The molecule has 0 bridgehead atoms. The maximum atomic E-state index is 5.93. The number of nitrogens with zero attached hydrogens (tertiary/aromatic N) is 4. The molecule has 3 aromatic heterocycles. The van der Waals surface area contributed by atoms with Crippen molar-refractivity contribution in [1.29, 1.82) is 0 Å². The SMILES string of the molecule is c1ccc(-c2cc(-c3ccccc3)cc(-c3cc(-c4cc(-c5ccccc5)cc(-c5ccccc5)c4)nc(-c4cc5c6c(c4)-n4c7ccc(-c8ccccc8)cc7c7cc(-c8ccccc8)cc(c74)B6c4cc(-c6ccccc6)cc6c7cc(-c8ccccc8)ccc7n-5c46)n3)c2)cc1. The molecular weight excluding hydrogens is 1200 g/mol. The van der Waals surface area contributed by atoms with Crippen LogP contribution in [0.15, 0.2) is 358 Å². The number of hydrogen-bond acceptors (Lipinski definition) is 2. The van der Waals surface area contributed by atoms with E-state index in [4.69, 9.17) is 9.97 Å². The topological polar surface area (TPSA) is 35.6 Å². The summed E-state index contributed by atoms with van der Waals surface area (Å²) in [5.74, 6) is 0.629. The Bertz CT molecular complexity index is 5740. The van der Waals surface area contributed by atoms with Gasteiger partial charge < -0.3 is 9.13 Å². The van der Waals surface area contributed by atoms with E-state index >= 15 is 0 Å². The first kappa shape index (κ1) is 56.4. The van der Waals surface area contributed by atoms with Crippen LogP contribution in [0.2, 0.25) is 0 Å². The average molecular weight is 1260 g/mol. The summed E-state index contributed by atoms with van der Waals surface area (Å²) in [5, 5.41) is 4.83. The number of fused-ring (bicyclic) bond motifs is 10. The van der Waals surface area contributed by atoms with Gasteiger partial charge in [0.05, 0.1) is 22.4 Å². The largest absolute Gasteiger partial charge is 0.310 e. The monoisotopic (exact) mass is 1250 g/mol. The van der Waals surface area contributed by atoms with Gasteiger partial charge in [-0.3, -0.25) is 0 Å². The first-order valence-corrected chi connectivity index (χ1v) is 34.1. The molecule has 0 N–H and O–H groups in total. The molecule has 99 heavy (non-hydrogen) atoms. The van der Waals surface area contributed by atoms with E-state index < -0.39 is 0 Å². The third kappa shape index (κ3) is 9.46. The van der Waals surface area contributed by atoms with E-state index in [9.17, 15) is 0 Å². The van der Waals surface area contributed by atoms with Crippen LogP contribution >= 0.6 is 0 Å². The molecule has 5 heterocycles. The summed E-state index contributed by atoms with van der Waals surface area (Å²) in [6, 6.07) is 132. The van der Waals surface area contributed by atoms with E-state index in [0.717, 1.165) is 95.0 Å². The zero-order valence-electron chi connectivity index (χ0n) is 53.9. The molecule has 0 saturated carbocycles. The van der Waals surface area contributed by atoms with Crippen molar-refractivity contribution in [2.24, 2.45) is 0 Å². The van der Waals surface area contributed by atoms with Gasteiger partial charge in [0.2, 0.25) is 0 Å². The predicted octanol–water partition coefficient (Wildman–Crippen LogP) is 22.2. The molecule has 0 spiro atoms. The van der Waals surface area contributed by atoms with Gasteiger partial charge in [0.15, 0.2) is 5.82 Å². The molecule has 0 radical (unpaired) electrons. The van der Waals surface area contributed by atoms with Gasteiger partial charge in [-0.2, -0.15) is 0 Å². The predicted molar refractivity (Wildman–Crippen MR) is 415 cm³/mol.